The molecule has 0 aliphatic rings. The first-order valence-electron chi connectivity index (χ1n) is 4.57. The van der Waals surface area contributed by atoms with Crippen LogP contribution in [0.2, 0.25) is 0 Å². The average molecular weight is 268 g/mol. The van der Waals surface area contributed by atoms with Crippen LogP contribution in [-0.2, 0) is 0 Å². The van der Waals surface area contributed by atoms with Gasteiger partial charge in [0, 0.05) is 17.5 Å². The van der Waals surface area contributed by atoms with E-state index in [1.807, 2.05) is 26.0 Å². The monoisotopic (exact) mass is 267 g/mol. The van der Waals surface area contributed by atoms with E-state index in [1.165, 1.54) is 0 Å². The Morgan fingerprint density at radius 3 is 2.80 bits per heavy atom. The summed E-state index contributed by atoms with van der Waals surface area (Å²) in [6.45, 7) is 3.86. The number of aryl methyl sites for hydroxylation is 1. The Balaban J connectivity index is 2.37. The van der Waals surface area contributed by atoms with Gasteiger partial charge in [-0.25, -0.2) is 0 Å². The van der Waals surface area contributed by atoms with E-state index in [2.05, 4.69) is 31.1 Å². The van der Waals surface area contributed by atoms with Gasteiger partial charge in [0.15, 0.2) is 0 Å². The minimum atomic E-state index is 0.0710. The summed E-state index contributed by atoms with van der Waals surface area (Å²) in [5.41, 5.74) is 1.83. The average Bonchev–Trinajstić information content (AvgIpc) is 2.66. The number of hydrogen-bond donors (Lipinski definition) is 0. The van der Waals surface area contributed by atoms with Gasteiger partial charge in [-0.3, -0.25) is 4.98 Å². The molecule has 0 N–H and O–H groups in total. The minimum absolute atomic E-state index is 0.0710. The maximum atomic E-state index is 5.49. The van der Waals surface area contributed by atoms with Crippen molar-refractivity contribution in [3.05, 3.63) is 29.9 Å². The number of nitrogens with zero attached hydrogens (tertiary/aromatic N) is 3. The van der Waals surface area contributed by atoms with Crippen molar-refractivity contribution in [3.63, 3.8) is 0 Å². The van der Waals surface area contributed by atoms with Crippen molar-refractivity contribution in [2.45, 2.75) is 18.7 Å². The lowest BCUT2D eigenvalue weighted by atomic mass is 10.2. The fourth-order valence-electron chi connectivity index (χ4n) is 1.19. The number of rotatable bonds is 2. The van der Waals surface area contributed by atoms with E-state index in [0.29, 0.717) is 11.8 Å². The molecular weight excluding hydrogens is 258 g/mol. The van der Waals surface area contributed by atoms with Gasteiger partial charge in [0.2, 0.25) is 11.8 Å². The van der Waals surface area contributed by atoms with Crippen LogP contribution in [-0.4, -0.2) is 15.2 Å². The first-order valence-corrected chi connectivity index (χ1v) is 5.49. The van der Waals surface area contributed by atoms with Crippen molar-refractivity contribution in [2.24, 2.45) is 0 Å². The highest BCUT2D eigenvalue weighted by Gasteiger charge is 2.12. The number of aromatic nitrogens is 3. The van der Waals surface area contributed by atoms with Crippen LogP contribution in [0.1, 0.15) is 23.3 Å². The molecule has 0 spiro atoms. The molecule has 2 aromatic rings. The zero-order valence-electron chi connectivity index (χ0n) is 8.44. The minimum Gasteiger partial charge on any atom is -0.419 e. The van der Waals surface area contributed by atoms with Crippen LogP contribution in [0.5, 0.6) is 0 Å². The Kier molecular flexibility index (Phi) is 2.81. The Morgan fingerprint density at radius 1 is 1.40 bits per heavy atom. The van der Waals surface area contributed by atoms with Gasteiger partial charge in [0.05, 0.1) is 4.83 Å². The van der Waals surface area contributed by atoms with Crippen molar-refractivity contribution in [3.8, 4) is 11.5 Å². The quantitative estimate of drug-likeness (QED) is 0.786. The van der Waals surface area contributed by atoms with Crippen molar-refractivity contribution >= 4 is 15.9 Å². The Morgan fingerprint density at radius 2 is 2.20 bits per heavy atom. The molecule has 2 aromatic heterocycles. The molecule has 4 nitrogen and oxygen atoms in total. The van der Waals surface area contributed by atoms with E-state index in [4.69, 9.17) is 4.42 Å². The summed E-state index contributed by atoms with van der Waals surface area (Å²) < 4.78 is 5.49. The number of halogens is 1. The van der Waals surface area contributed by atoms with Gasteiger partial charge in [-0.1, -0.05) is 15.9 Å². The van der Waals surface area contributed by atoms with Gasteiger partial charge < -0.3 is 4.42 Å². The first-order chi connectivity index (χ1) is 7.16. The molecule has 1 unspecified atom stereocenters. The van der Waals surface area contributed by atoms with Crippen LogP contribution in [0.3, 0.4) is 0 Å². The van der Waals surface area contributed by atoms with Crippen LogP contribution in [0.4, 0.5) is 0 Å². The molecule has 0 saturated heterocycles. The molecule has 0 saturated carbocycles. The normalized spacial score (nSPS) is 12.7. The second kappa shape index (κ2) is 4.10. The predicted octanol–water partition coefficient (Wildman–Crippen LogP) is 2.90. The Labute approximate surface area is 95.9 Å². The van der Waals surface area contributed by atoms with Crippen LogP contribution < -0.4 is 0 Å². The van der Waals surface area contributed by atoms with Crippen molar-refractivity contribution < 1.29 is 4.42 Å². The van der Waals surface area contributed by atoms with Gasteiger partial charge in [-0.05, 0) is 26.0 Å². The van der Waals surface area contributed by atoms with Crippen molar-refractivity contribution in [1.29, 1.82) is 0 Å². The smallest absolute Gasteiger partial charge is 0.247 e. The van der Waals surface area contributed by atoms with Gasteiger partial charge in [-0.2, -0.15) is 0 Å². The molecule has 5 heteroatoms. The molecule has 0 radical (unpaired) electrons. The topological polar surface area (TPSA) is 51.8 Å². The number of hydrogen-bond acceptors (Lipinski definition) is 4. The van der Waals surface area contributed by atoms with Gasteiger partial charge in [0.25, 0.3) is 0 Å². The van der Waals surface area contributed by atoms with Crippen molar-refractivity contribution in [1.82, 2.24) is 15.2 Å². The van der Waals surface area contributed by atoms with Crippen LogP contribution in [0, 0.1) is 6.92 Å². The zero-order chi connectivity index (χ0) is 10.8. The summed E-state index contributed by atoms with van der Waals surface area (Å²) in [5, 5.41) is 7.91. The van der Waals surface area contributed by atoms with Crippen molar-refractivity contribution in [2.75, 3.05) is 0 Å². The second-order valence-electron chi connectivity index (χ2n) is 3.25. The number of pyridine rings is 1. The summed E-state index contributed by atoms with van der Waals surface area (Å²) in [4.78, 5) is 4.18. The SMILES string of the molecule is Cc1cc(-c2nnc(C(C)Br)o2)ccn1. The summed E-state index contributed by atoms with van der Waals surface area (Å²) in [7, 11) is 0. The van der Waals surface area contributed by atoms with Gasteiger partial charge >= 0.3 is 0 Å². The maximum absolute atomic E-state index is 5.49. The van der Waals surface area contributed by atoms with E-state index >= 15 is 0 Å². The Bertz CT molecular complexity index is 467. The lowest BCUT2D eigenvalue weighted by molar-refractivity contribution is 0.511. The lowest BCUT2D eigenvalue weighted by Crippen LogP contribution is -1.82. The predicted molar refractivity (Wildman–Crippen MR) is 59.6 cm³/mol. The van der Waals surface area contributed by atoms with Crippen LogP contribution in [0.25, 0.3) is 11.5 Å². The number of alkyl halides is 1. The first kappa shape index (κ1) is 10.3. The fraction of sp³-hybridized carbons (Fsp3) is 0.300. The van der Waals surface area contributed by atoms with E-state index < -0.39 is 0 Å². The third-order valence-corrected chi connectivity index (χ3v) is 2.32. The maximum Gasteiger partial charge on any atom is 0.247 e. The van der Waals surface area contributed by atoms with E-state index in [-0.39, 0.29) is 4.83 Å². The molecule has 0 aromatic carbocycles. The largest absolute Gasteiger partial charge is 0.419 e. The highest BCUT2D eigenvalue weighted by molar-refractivity contribution is 9.09. The lowest BCUT2D eigenvalue weighted by Gasteiger charge is -1.96. The molecule has 0 bridgehead atoms. The molecule has 0 aliphatic carbocycles. The summed E-state index contributed by atoms with van der Waals surface area (Å²) >= 11 is 3.37. The molecule has 0 amide bonds. The van der Waals surface area contributed by atoms with E-state index in [0.717, 1.165) is 11.3 Å². The summed E-state index contributed by atoms with van der Waals surface area (Å²) in [5.74, 6) is 1.11. The van der Waals surface area contributed by atoms with Crippen LogP contribution in [0.15, 0.2) is 22.7 Å². The summed E-state index contributed by atoms with van der Waals surface area (Å²) in [6.07, 6.45) is 1.73. The molecule has 1 atom stereocenters. The third-order valence-electron chi connectivity index (χ3n) is 1.92. The fourth-order valence-corrected chi connectivity index (χ4v) is 1.38. The summed E-state index contributed by atoms with van der Waals surface area (Å²) in [6, 6.07) is 3.76. The second-order valence-corrected chi connectivity index (χ2v) is 4.62. The van der Waals surface area contributed by atoms with Gasteiger partial charge in [-0.15, -0.1) is 10.2 Å². The highest BCUT2D eigenvalue weighted by atomic mass is 79.9. The molecule has 78 valence electrons. The van der Waals surface area contributed by atoms with E-state index in [9.17, 15) is 0 Å². The molecule has 0 fully saturated rings. The molecule has 2 heterocycles. The van der Waals surface area contributed by atoms with Gasteiger partial charge in [0.1, 0.15) is 0 Å². The molecule has 0 aliphatic heterocycles. The standard InChI is InChI=1S/C10H10BrN3O/c1-6-5-8(3-4-12-6)10-14-13-9(15-10)7(2)11/h3-5,7H,1-2H3. The molecule has 2 rings (SSSR count). The molecule has 15 heavy (non-hydrogen) atoms. The molecular formula is C10H10BrN3O. The Hall–Kier alpha value is -1.23. The highest BCUT2D eigenvalue weighted by Crippen LogP contribution is 2.24. The zero-order valence-corrected chi connectivity index (χ0v) is 10.0. The third kappa shape index (κ3) is 2.23. The van der Waals surface area contributed by atoms with E-state index in [1.54, 1.807) is 6.20 Å². The van der Waals surface area contributed by atoms with Crippen LogP contribution >= 0.6 is 15.9 Å².